The van der Waals surface area contributed by atoms with Gasteiger partial charge in [0.25, 0.3) is 5.91 Å². The molecule has 0 unspecified atom stereocenters. The van der Waals surface area contributed by atoms with E-state index in [0.29, 0.717) is 0 Å². The number of nitriles is 2. The Kier molecular flexibility index (Phi) is 3.04. The second-order valence-electron chi connectivity index (χ2n) is 5.02. The third-order valence-corrected chi connectivity index (χ3v) is 4.51. The Balaban J connectivity index is 2.52. The van der Waals surface area contributed by atoms with E-state index in [-0.39, 0.29) is 11.8 Å². The highest BCUT2D eigenvalue weighted by Gasteiger charge is 2.92. The summed E-state index contributed by atoms with van der Waals surface area (Å²) in [4.78, 5) is 4.14. The molecular weight excluding hydrogens is 244 g/mol. The molecule has 1 saturated carbocycles. The van der Waals surface area contributed by atoms with Crippen LogP contribution in [0.2, 0.25) is 0 Å². The van der Waals surface area contributed by atoms with Gasteiger partial charge in [0.1, 0.15) is 11.3 Å². The molecule has 19 heavy (non-hydrogen) atoms. The molecule has 102 valence electrons. The van der Waals surface area contributed by atoms with Gasteiger partial charge in [-0.3, -0.25) is 0 Å². The first-order valence-electron chi connectivity index (χ1n) is 6.35. The molecular formula is C13H18N4O2. The number of amidine groups is 1. The molecule has 3 atom stereocenters. The maximum Gasteiger partial charge on any atom is 0.292 e. The van der Waals surface area contributed by atoms with E-state index in [1.807, 2.05) is 0 Å². The minimum atomic E-state index is -1.46. The molecule has 0 saturated heterocycles. The molecule has 0 spiro atoms. The summed E-state index contributed by atoms with van der Waals surface area (Å²) in [6.07, 6.45) is 2.65. The number of hydrogen-bond acceptors (Lipinski definition) is 6. The lowest BCUT2D eigenvalue weighted by Crippen LogP contribution is -2.41. The van der Waals surface area contributed by atoms with E-state index in [4.69, 9.17) is 15.2 Å². The average molecular weight is 262 g/mol. The van der Waals surface area contributed by atoms with Crippen molar-refractivity contribution in [3.8, 4) is 12.1 Å². The largest absolute Gasteiger partial charge is 0.386 e. The summed E-state index contributed by atoms with van der Waals surface area (Å²) in [6.45, 7) is 2.06. The number of ether oxygens (including phenoxy) is 2. The molecule has 2 N–H and O–H groups in total. The van der Waals surface area contributed by atoms with Crippen LogP contribution in [0.1, 0.15) is 26.2 Å². The van der Waals surface area contributed by atoms with E-state index in [1.54, 1.807) is 0 Å². The highest BCUT2D eigenvalue weighted by atomic mass is 16.7. The fourth-order valence-electron chi connectivity index (χ4n) is 3.53. The first-order chi connectivity index (χ1) is 9.06. The number of methoxy groups -OCH3 is 2. The fraction of sp³-hybridized carbons (Fsp3) is 0.769. The van der Waals surface area contributed by atoms with Crippen LogP contribution in [0.5, 0.6) is 0 Å². The van der Waals surface area contributed by atoms with Crippen LogP contribution in [0.15, 0.2) is 4.99 Å². The number of nitrogens with zero attached hydrogens (tertiary/aromatic N) is 3. The summed E-state index contributed by atoms with van der Waals surface area (Å²) >= 11 is 0. The van der Waals surface area contributed by atoms with Crippen LogP contribution in [-0.4, -0.2) is 26.0 Å². The van der Waals surface area contributed by atoms with Gasteiger partial charge in [-0.15, -0.1) is 0 Å². The predicted octanol–water partition coefficient (Wildman–Crippen LogP) is 1.14. The Labute approximate surface area is 112 Å². The summed E-state index contributed by atoms with van der Waals surface area (Å²) in [5.74, 6) is -1.49. The van der Waals surface area contributed by atoms with Crippen molar-refractivity contribution in [1.29, 1.82) is 10.5 Å². The van der Waals surface area contributed by atoms with E-state index < -0.39 is 16.7 Å². The van der Waals surface area contributed by atoms with E-state index in [2.05, 4.69) is 24.1 Å². The Bertz CT molecular complexity index is 500. The summed E-state index contributed by atoms with van der Waals surface area (Å²) in [5, 5.41) is 19.2. The standard InChI is InChI=1S/C13H18N4O2/c1-4-5-6-9-11(7-14)10(16)17-13(18-2,19-3)12(9,11)8-15/h9H,4-6H2,1-3H3,(H2,16,17)/t9-,11-,12-/m1/s1. The first kappa shape index (κ1) is 13.8. The van der Waals surface area contributed by atoms with Crippen molar-refractivity contribution in [3.05, 3.63) is 0 Å². The number of nitrogens with two attached hydrogens (primary N) is 1. The number of fused-ring (bicyclic) bond motifs is 1. The summed E-state index contributed by atoms with van der Waals surface area (Å²) in [6, 6.07) is 4.42. The highest BCUT2D eigenvalue weighted by Crippen LogP contribution is 2.79. The van der Waals surface area contributed by atoms with Crippen molar-refractivity contribution >= 4 is 5.84 Å². The van der Waals surface area contributed by atoms with Gasteiger partial charge in [-0.05, 0) is 6.42 Å². The Morgan fingerprint density at radius 2 is 1.95 bits per heavy atom. The molecule has 1 aliphatic heterocycles. The molecule has 0 bridgehead atoms. The van der Waals surface area contributed by atoms with Crippen LogP contribution in [0, 0.1) is 39.4 Å². The van der Waals surface area contributed by atoms with Gasteiger partial charge in [0.05, 0.1) is 12.1 Å². The second kappa shape index (κ2) is 4.19. The lowest BCUT2D eigenvalue weighted by Gasteiger charge is -2.29. The minimum absolute atomic E-state index is 0.154. The molecule has 1 fully saturated rings. The van der Waals surface area contributed by atoms with Crippen molar-refractivity contribution in [2.45, 2.75) is 32.1 Å². The average Bonchev–Trinajstić information content (AvgIpc) is 2.98. The van der Waals surface area contributed by atoms with Gasteiger partial charge in [0, 0.05) is 20.1 Å². The zero-order chi connectivity index (χ0) is 14.3. The molecule has 6 heteroatoms. The molecule has 2 rings (SSSR count). The highest BCUT2D eigenvalue weighted by molar-refractivity contribution is 5.98. The maximum absolute atomic E-state index is 9.66. The Morgan fingerprint density at radius 1 is 1.32 bits per heavy atom. The smallest absolute Gasteiger partial charge is 0.292 e. The molecule has 0 amide bonds. The van der Waals surface area contributed by atoms with Crippen molar-refractivity contribution < 1.29 is 9.47 Å². The summed E-state index contributed by atoms with van der Waals surface area (Å²) in [7, 11) is 2.84. The zero-order valence-electron chi connectivity index (χ0n) is 11.4. The molecule has 0 aromatic heterocycles. The molecule has 0 aromatic rings. The predicted molar refractivity (Wildman–Crippen MR) is 67.5 cm³/mol. The summed E-state index contributed by atoms with van der Waals surface area (Å²) in [5.41, 5.74) is 3.74. The van der Waals surface area contributed by atoms with E-state index in [1.165, 1.54) is 14.2 Å². The Hall–Kier alpha value is -1.63. The lowest BCUT2D eigenvalue weighted by molar-refractivity contribution is -0.232. The quantitative estimate of drug-likeness (QED) is 0.748. The molecule has 2 aliphatic rings. The van der Waals surface area contributed by atoms with Crippen LogP contribution in [-0.2, 0) is 9.47 Å². The zero-order valence-corrected chi connectivity index (χ0v) is 11.4. The van der Waals surface area contributed by atoms with Gasteiger partial charge in [0.15, 0.2) is 5.41 Å². The van der Waals surface area contributed by atoms with Gasteiger partial charge in [-0.1, -0.05) is 19.8 Å². The molecule has 0 aromatic carbocycles. The van der Waals surface area contributed by atoms with Crippen LogP contribution < -0.4 is 5.73 Å². The number of aliphatic imine (C=N–C) groups is 1. The van der Waals surface area contributed by atoms with Crippen molar-refractivity contribution in [2.75, 3.05) is 14.2 Å². The third kappa shape index (κ3) is 1.19. The maximum atomic E-state index is 9.66. The van der Waals surface area contributed by atoms with Crippen LogP contribution in [0.3, 0.4) is 0 Å². The Morgan fingerprint density at radius 3 is 2.37 bits per heavy atom. The number of rotatable bonds is 5. The van der Waals surface area contributed by atoms with Crippen molar-refractivity contribution in [3.63, 3.8) is 0 Å². The van der Waals surface area contributed by atoms with E-state index in [0.717, 1.165) is 19.3 Å². The SMILES string of the molecule is CCCC[C@@H]1[C@]2(C#N)C(N)=NC(OC)(OC)[C@]12C#N. The molecule has 1 heterocycles. The van der Waals surface area contributed by atoms with Crippen molar-refractivity contribution in [1.82, 2.24) is 0 Å². The van der Waals surface area contributed by atoms with E-state index >= 15 is 0 Å². The van der Waals surface area contributed by atoms with Gasteiger partial charge < -0.3 is 15.2 Å². The minimum Gasteiger partial charge on any atom is -0.386 e. The molecule has 0 radical (unpaired) electrons. The lowest BCUT2D eigenvalue weighted by atomic mass is 9.94. The van der Waals surface area contributed by atoms with Gasteiger partial charge in [0.2, 0.25) is 0 Å². The van der Waals surface area contributed by atoms with Crippen LogP contribution in [0.4, 0.5) is 0 Å². The van der Waals surface area contributed by atoms with Crippen LogP contribution in [0.25, 0.3) is 0 Å². The third-order valence-electron chi connectivity index (χ3n) is 4.51. The van der Waals surface area contributed by atoms with Crippen molar-refractivity contribution in [2.24, 2.45) is 27.5 Å². The number of unbranched alkanes of at least 4 members (excludes halogenated alkanes) is 1. The normalized spacial score (nSPS) is 37.9. The molecule has 6 nitrogen and oxygen atoms in total. The van der Waals surface area contributed by atoms with E-state index in [9.17, 15) is 10.5 Å². The van der Waals surface area contributed by atoms with Crippen LogP contribution >= 0.6 is 0 Å². The number of hydrogen-bond donors (Lipinski definition) is 1. The topological polar surface area (TPSA) is 104 Å². The first-order valence-corrected chi connectivity index (χ1v) is 6.35. The fourth-order valence-corrected chi connectivity index (χ4v) is 3.53. The van der Waals surface area contributed by atoms with Gasteiger partial charge >= 0.3 is 0 Å². The van der Waals surface area contributed by atoms with Gasteiger partial charge in [-0.25, -0.2) is 4.99 Å². The monoisotopic (exact) mass is 262 g/mol. The second-order valence-corrected chi connectivity index (χ2v) is 5.02. The van der Waals surface area contributed by atoms with Gasteiger partial charge in [-0.2, -0.15) is 10.5 Å². The molecule has 1 aliphatic carbocycles. The summed E-state index contributed by atoms with van der Waals surface area (Å²) < 4.78 is 10.7.